The zero-order valence-corrected chi connectivity index (χ0v) is 13.1. The van der Waals surface area contributed by atoms with Gasteiger partial charge in [-0.2, -0.15) is 0 Å². The summed E-state index contributed by atoms with van der Waals surface area (Å²) in [7, 11) is 3.29. The summed E-state index contributed by atoms with van der Waals surface area (Å²) in [5.74, 6) is 2.24. The molecule has 4 nitrogen and oxygen atoms in total. The largest absolute Gasteiger partial charge is 0.497 e. The maximum absolute atomic E-state index is 5.44. The van der Waals surface area contributed by atoms with E-state index in [-0.39, 0.29) is 0 Å². The van der Waals surface area contributed by atoms with E-state index in [0.29, 0.717) is 5.76 Å². The first-order valence-electron chi connectivity index (χ1n) is 7.17. The molecule has 0 saturated carbocycles. The molecule has 0 unspecified atom stereocenters. The number of hydrogen-bond donors (Lipinski definition) is 0. The highest BCUT2D eigenvalue weighted by Gasteiger charge is 2.17. The topological polar surface area (TPSA) is 44.5 Å². The fourth-order valence-corrected chi connectivity index (χ4v) is 2.42. The highest BCUT2D eigenvalue weighted by atomic mass is 16.5. The van der Waals surface area contributed by atoms with Crippen molar-refractivity contribution in [3.8, 4) is 33.9 Å². The van der Waals surface area contributed by atoms with Gasteiger partial charge in [0.1, 0.15) is 17.2 Å². The van der Waals surface area contributed by atoms with Gasteiger partial charge in [0.15, 0.2) is 5.76 Å². The third-order valence-corrected chi connectivity index (χ3v) is 3.65. The molecular formula is C19H17NO3. The van der Waals surface area contributed by atoms with Gasteiger partial charge >= 0.3 is 0 Å². The van der Waals surface area contributed by atoms with E-state index in [2.05, 4.69) is 11.7 Å². The number of nitrogens with zero attached hydrogens (tertiary/aromatic N) is 1. The molecule has 0 saturated heterocycles. The van der Waals surface area contributed by atoms with Crippen LogP contribution in [0.25, 0.3) is 28.5 Å². The van der Waals surface area contributed by atoms with Gasteiger partial charge < -0.3 is 14.0 Å². The fraction of sp³-hybridized carbons (Fsp3) is 0.105. The zero-order valence-electron chi connectivity index (χ0n) is 13.1. The van der Waals surface area contributed by atoms with Crippen molar-refractivity contribution >= 4 is 6.08 Å². The van der Waals surface area contributed by atoms with E-state index in [4.69, 9.17) is 14.0 Å². The third-order valence-electron chi connectivity index (χ3n) is 3.65. The Kier molecular flexibility index (Phi) is 4.15. The van der Waals surface area contributed by atoms with Crippen molar-refractivity contribution in [1.29, 1.82) is 0 Å². The molecule has 2 aromatic carbocycles. The number of aromatic nitrogens is 1. The number of benzene rings is 2. The van der Waals surface area contributed by atoms with Crippen molar-refractivity contribution in [2.24, 2.45) is 0 Å². The van der Waals surface area contributed by atoms with Crippen LogP contribution in [-0.4, -0.2) is 19.4 Å². The van der Waals surface area contributed by atoms with Crippen molar-refractivity contribution in [2.45, 2.75) is 0 Å². The molecule has 0 fully saturated rings. The molecule has 0 aliphatic carbocycles. The van der Waals surface area contributed by atoms with Crippen LogP contribution in [-0.2, 0) is 0 Å². The van der Waals surface area contributed by atoms with E-state index in [1.54, 1.807) is 20.3 Å². The molecular weight excluding hydrogens is 290 g/mol. The Hall–Kier alpha value is -3.01. The molecule has 0 aliphatic rings. The minimum atomic E-state index is 0.640. The standard InChI is InChI=1S/C19H17NO3/c1-4-17-18(13-5-9-15(21-2)10-6-13)19(20-23-17)14-7-11-16(22-3)12-8-14/h4-12H,1H2,2-3H3/i2+0,3+0. The van der Waals surface area contributed by atoms with E-state index in [1.165, 1.54) is 0 Å². The Morgan fingerprint density at radius 2 is 1.39 bits per heavy atom. The van der Waals surface area contributed by atoms with Gasteiger partial charge in [-0.1, -0.05) is 23.9 Å². The second-order valence-corrected chi connectivity index (χ2v) is 4.93. The van der Waals surface area contributed by atoms with Crippen LogP contribution in [0, 0.1) is 0 Å². The van der Waals surface area contributed by atoms with Crippen LogP contribution >= 0.6 is 0 Å². The number of methoxy groups -OCH3 is 2. The first-order valence-corrected chi connectivity index (χ1v) is 7.17. The Labute approximate surface area is 135 Å². The Balaban J connectivity index is 2.10. The lowest BCUT2D eigenvalue weighted by Gasteiger charge is -2.06. The van der Waals surface area contributed by atoms with E-state index in [9.17, 15) is 0 Å². The Morgan fingerprint density at radius 1 is 0.870 bits per heavy atom. The van der Waals surface area contributed by atoms with Crippen molar-refractivity contribution in [2.75, 3.05) is 14.2 Å². The molecule has 0 aliphatic heterocycles. The van der Waals surface area contributed by atoms with Gasteiger partial charge in [-0.25, -0.2) is 0 Å². The maximum atomic E-state index is 5.44. The SMILES string of the molecule is C=Cc1onc(-c2ccc(O[12CH3])cc2)c1-c1ccc(O[12CH3])cc1. The van der Waals surface area contributed by atoms with Crippen LogP contribution in [0.1, 0.15) is 5.76 Å². The second-order valence-electron chi connectivity index (χ2n) is 4.93. The van der Waals surface area contributed by atoms with Crippen LogP contribution in [0.5, 0.6) is 11.5 Å². The molecule has 0 bridgehead atoms. The van der Waals surface area contributed by atoms with Gasteiger partial charge in [0.25, 0.3) is 0 Å². The summed E-state index contributed by atoms with van der Waals surface area (Å²) in [6.45, 7) is 3.81. The summed E-state index contributed by atoms with van der Waals surface area (Å²) in [5, 5.41) is 4.21. The first kappa shape index (κ1) is 14.9. The van der Waals surface area contributed by atoms with E-state index in [0.717, 1.165) is 33.9 Å². The van der Waals surface area contributed by atoms with Crippen LogP contribution in [0.2, 0.25) is 0 Å². The van der Waals surface area contributed by atoms with Gasteiger partial charge in [0, 0.05) is 5.56 Å². The lowest BCUT2D eigenvalue weighted by atomic mass is 9.99. The predicted octanol–water partition coefficient (Wildman–Crippen LogP) is 4.67. The molecule has 0 spiro atoms. The molecule has 4 heteroatoms. The van der Waals surface area contributed by atoms with Crippen LogP contribution in [0.4, 0.5) is 0 Å². The second kappa shape index (κ2) is 6.40. The quantitative estimate of drug-likeness (QED) is 0.687. The van der Waals surface area contributed by atoms with E-state index in [1.807, 2.05) is 48.5 Å². The number of rotatable bonds is 5. The van der Waals surface area contributed by atoms with Crippen LogP contribution < -0.4 is 9.47 Å². The van der Waals surface area contributed by atoms with Crippen molar-refractivity contribution < 1.29 is 14.0 Å². The molecule has 0 radical (unpaired) electrons. The van der Waals surface area contributed by atoms with Gasteiger partial charge in [-0.3, -0.25) is 0 Å². The van der Waals surface area contributed by atoms with Gasteiger partial charge in [-0.05, 0) is 48.0 Å². The Bertz CT molecular complexity index is 802. The molecule has 3 rings (SSSR count). The van der Waals surface area contributed by atoms with E-state index < -0.39 is 0 Å². The molecule has 23 heavy (non-hydrogen) atoms. The highest BCUT2D eigenvalue weighted by Crippen LogP contribution is 2.36. The number of hydrogen-bond acceptors (Lipinski definition) is 4. The lowest BCUT2D eigenvalue weighted by Crippen LogP contribution is -1.87. The number of ether oxygens (including phenoxy) is 2. The molecule has 1 aromatic heterocycles. The van der Waals surface area contributed by atoms with Crippen molar-refractivity contribution in [3.63, 3.8) is 0 Å². The molecule has 0 N–H and O–H groups in total. The average molecular weight is 307 g/mol. The summed E-state index contributed by atoms with van der Waals surface area (Å²) >= 11 is 0. The summed E-state index contributed by atoms with van der Waals surface area (Å²) in [5.41, 5.74) is 3.63. The minimum Gasteiger partial charge on any atom is -0.497 e. The Morgan fingerprint density at radius 3 is 1.87 bits per heavy atom. The van der Waals surface area contributed by atoms with Gasteiger partial charge in [-0.15, -0.1) is 0 Å². The first-order chi connectivity index (χ1) is 11.3. The summed E-state index contributed by atoms with van der Waals surface area (Å²) in [6.07, 6.45) is 1.67. The van der Waals surface area contributed by atoms with Crippen LogP contribution in [0.3, 0.4) is 0 Å². The third kappa shape index (κ3) is 2.83. The predicted molar refractivity (Wildman–Crippen MR) is 90.6 cm³/mol. The smallest absolute Gasteiger partial charge is 0.167 e. The average Bonchev–Trinajstić information content (AvgIpc) is 3.06. The van der Waals surface area contributed by atoms with Crippen LogP contribution in [0.15, 0.2) is 59.6 Å². The molecule has 0 atom stereocenters. The van der Waals surface area contributed by atoms with Gasteiger partial charge in [0.05, 0.1) is 19.8 Å². The molecule has 116 valence electrons. The van der Waals surface area contributed by atoms with E-state index >= 15 is 0 Å². The molecule has 3 aromatic rings. The molecule has 1 heterocycles. The van der Waals surface area contributed by atoms with Crippen molar-refractivity contribution in [1.82, 2.24) is 5.16 Å². The lowest BCUT2D eigenvalue weighted by molar-refractivity contribution is 0.413. The summed E-state index contributed by atoms with van der Waals surface area (Å²) in [6, 6.07) is 15.5. The molecule has 0 amide bonds. The minimum absolute atomic E-state index is 0.640. The highest BCUT2D eigenvalue weighted by molar-refractivity contribution is 5.85. The monoisotopic (exact) mass is 307 g/mol. The zero-order chi connectivity index (χ0) is 16.2. The van der Waals surface area contributed by atoms with Crippen molar-refractivity contribution in [3.05, 3.63) is 60.9 Å². The normalized spacial score (nSPS) is 10.3. The maximum Gasteiger partial charge on any atom is 0.167 e. The summed E-state index contributed by atoms with van der Waals surface area (Å²) < 4.78 is 15.8. The van der Waals surface area contributed by atoms with Gasteiger partial charge in [0.2, 0.25) is 0 Å². The summed E-state index contributed by atoms with van der Waals surface area (Å²) in [4.78, 5) is 0. The fourth-order valence-electron chi connectivity index (χ4n) is 2.42.